The second-order valence-corrected chi connectivity index (χ2v) is 5.20. The molecule has 0 aliphatic heterocycles. The minimum absolute atomic E-state index is 0.0879. The molecule has 0 bridgehead atoms. The summed E-state index contributed by atoms with van der Waals surface area (Å²) in [5.74, 6) is 2.06. The van der Waals surface area contributed by atoms with Gasteiger partial charge in [-0.2, -0.15) is 4.98 Å². The Labute approximate surface area is 104 Å². The van der Waals surface area contributed by atoms with Crippen LogP contribution in [0.5, 0.6) is 0 Å². The molecule has 0 aliphatic carbocycles. The highest BCUT2D eigenvalue weighted by atomic mass is 32.2. The van der Waals surface area contributed by atoms with Crippen LogP contribution in [0.4, 0.5) is 0 Å². The highest BCUT2D eigenvalue weighted by Gasteiger charge is 2.15. The van der Waals surface area contributed by atoms with E-state index in [1.165, 1.54) is 0 Å². The van der Waals surface area contributed by atoms with Crippen LogP contribution in [0.15, 0.2) is 15.6 Å². The Bertz CT molecular complexity index is 506. The highest BCUT2D eigenvalue weighted by molar-refractivity contribution is 7.99. The van der Waals surface area contributed by atoms with E-state index in [1.807, 2.05) is 33.8 Å². The maximum absolute atomic E-state index is 5.13. The molecule has 5 nitrogen and oxygen atoms in total. The predicted molar refractivity (Wildman–Crippen MR) is 64.8 cm³/mol. The first kappa shape index (κ1) is 12.0. The Hall–Kier alpha value is -1.43. The summed E-state index contributed by atoms with van der Waals surface area (Å²) < 4.78 is 5.13. The summed E-state index contributed by atoms with van der Waals surface area (Å²) in [4.78, 5) is 12.8. The third kappa shape index (κ3) is 3.03. The van der Waals surface area contributed by atoms with Crippen molar-refractivity contribution in [1.29, 1.82) is 0 Å². The molecular formula is C11H14N4OS. The topological polar surface area (TPSA) is 64.7 Å². The van der Waals surface area contributed by atoms with Crippen molar-refractivity contribution in [1.82, 2.24) is 20.1 Å². The van der Waals surface area contributed by atoms with Gasteiger partial charge in [-0.1, -0.05) is 16.9 Å². The van der Waals surface area contributed by atoms with E-state index in [0.29, 0.717) is 11.7 Å². The monoisotopic (exact) mass is 250 g/mol. The predicted octanol–water partition coefficient (Wildman–Crippen LogP) is 2.64. The Morgan fingerprint density at radius 3 is 2.47 bits per heavy atom. The quantitative estimate of drug-likeness (QED) is 0.616. The number of aromatic nitrogens is 4. The van der Waals surface area contributed by atoms with Gasteiger partial charge in [0, 0.05) is 5.69 Å². The van der Waals surface area contributed by atoms with Crippen LogP contribution in [0.1, 0.15) is 35.4 Å². The average molecular weight is 250 g/mol. The van der Waals surface area contributed by atoms with E-state index in [4.69, 9.17) is 4.52 Å². The van der Waals surface area contributed by atoms with Crippen LogP contribution in [0, 0.1) is 20.8 Å². The maximum atomic E-state index is 5.13. The van der Waals surface area contributed by atoms with Crippen molar-refractivity contribution < 1.29 is 4.52 Å². The number of hydrogen-bond acceptors (Lipinski definition) is 6. The Morgan fingerprint density at radius 2 is 1.88 bits per heavy atom. The molecule has 6 heteroatoms. The lowest BCUT2D eigenvalue weighted by atomic mass is 10.4. The van der Waals surface area contributed by atoms with Crippen molar-refractivity contribution in [2.45, 2.75) is 38.0 Å². The van der Waals surface area contributed by atoms with Crippen LogP contribution in [-0.2, 0) is 0 Å². The molecule has 0 amide bonds. The summed E-state index contributed by atoms with van der Waals surface area (Å²) in [5.41, 5.74) is 0.967. The van der Waals surface area contributed by atoms with E-state index in [1.54, 1.807) is 11.8 Å². The molecule has 2 aromatic rings. The highest BCUT2D eigenvalue weighted by Crippen LogP contribution is 2.32. The zero-order chi connectivity index (χ0) is 12.4. The fraction of sp³-hybridized carbons (Fsp3) is 0.455. The molecule has 0 saturated carbocycles. The minimum atomic E-state index is 0.0879. The van der Waals surface area contributed by atoms with Crippen molar-refractivity contribution in [2.24, 2.45) is 0 Å². The molecule has 90 valence electrons. The van der Waals surface area contributed by atoms with Crippen molar-refractivity contribution in [2.75, 3.05) is 0 Å². The normalized spacial score (nSPS) is 12.7. The summed E-state index contributed by atoms with van der Waals surface area (Å²) in [7, 11) is 0. The molecular weight excluding hydrogens is 236 g/mol. The van der Waals surface area contributed by atoms with Gasteiger partial charge in [0.2, 0.25) is 5.89 Å². The van der Waals surface area contributed by atoms with Crippen LogP contribution in [0.3, 0.4) is 0 Å². The van der Waals surface area contributed by atoms with E-state index >= 15 is 0 Å². The summed E-state index contributed by atoms with van der Waals surface area (Å²) >= 11 is 1.59. The average Bonchev–Trinajstić information content (AvgIpc) is 2.63. The van der Waals surface area contributed by atoms with Crippen molar-refractivity contribution in [3.05, 3.63) is 29.3 Å². The molecule has 0 fully saturated rings. The van der Waals surface area contributed by atoms with E-state index in [9.17, 15) is 0 Å². The van der Waals surface area contributed by atoms with Gasteiger partial charge in [-0.3, -0.25) is 0 Å². The van der Waals surface area contributed by atoms with E-state index in [0.717, 1.165) is 16.5 Å². The van der Waals surface area contributed by atoms with Crippen molar-refractivity contribution in [3.63, 3.8) is 0 Å². The third-order valence-electron chi connectivity index (χ3n) is 2.13. The Morgan fingerprint density at radius 1 is 1.12 bits per heavy atom. The number of rotatable bonds is 3. The molecule has 0 aliphatic rings. The van der Waals surface area contributed by atoms with Crippen molar-refractivity contribution >= 4 is 11.8 Å². The first-order valence-corrected chi connectivity index (χ1v) is 6.21. The van der Waals surface area contributed by atoms with Gasteiger partial charge in [0.15, 0.2) is 5.82 Å². The Balaban J connectivity index is 2.15. The van der Waals surface area contributed by atoms with E-state index in [-0.39, 0.29) is 5.25 Å². The lowest BCUT2D eigenvalue weighted by molar-refractivity contribution is 0.376. The summed E-state index contributed by atoms with van der Waals surface area (Å²) in [6.07, 6.45) is 0. The molecule has 0 N–H and O–H groups in total. The van der Waals surface area contributed by atoms with Crippen LogP contribution >= 0.6 is 11.8 Å². The summed E-state index contributed by atoms with van der Waals surface area (Å²) in [5, 5.41) is 4.80. The molecule has 0 aromatic carbocycles. The lowest BCUT2D eigenvalue weighted by Gasteiger charge is -2.06. The van der Waals surface area contributed by atoms with Gasteiger partial charge in [0.05, 0.1) is 5.25 Å². The molecule has 1 unspecified atom stereocenters. The lowest BCUT2D eigenvalue weighted by Crippen LogP contribution is -1.95. The molecule has 2 aromatic heterocycles. The summed E-state index contributed by atoms with van der Waals surface area (Å²) in [6, 6.07) is 1.96. The molecule has 2 rings (SSSR count). The third-order valence-corrected chi connectivity index (χ3v) is 3.14. The van der Waals surface area contributed by atoms with Crippen LogP contribution in [-0.4, -0.2) is 20.1 Å². The number of hydrogen-bond donors (Lipinski definition) is 0. The first-order chi connectivity index (χ1) is 8.04. The minimum Gasteiger partial charge on any atom is -0.338 e. The first-order valence-electron chi connectivity index (χ1n) is 5.34. The van der Waals surface area contributed by atoms with E-state index < -0.39 is 0 Å². The number of thioether (sulfide) groups is 1. The second-order valence-electron chi connectivity index (χ2n) is 3.83. The number of nitrogens with zero attached hydrogens (tertiary/aromatic N) is 4. The van der Waals surface area contributed by atoms with Gasteiger partial charge in [-0.05, 0) is 33.8 Å². The zero-order valence-electron chi connectivity index (χ0n) is 10.3. The van der Waals surface area contributed by atoms with Crippen molar-refractivity contribution in [3.8, 4) is 0 Å². The molecule has 0 spiro atoms. The molecule has 0 radical (unpaired) electrons. The van der Waals surface area contributed by atoms with Gasteiger partial charge >= 0.3 is 0 Å². The zero-order valence-corrected chi connectivity index (χ0v) is 11.1. The second kappa shape index (κ2) is 4.83. The molecule has 2 heterocycles. The Kier molecular flexibility index (Phi) is 3.42. The fourth-order valence-electron chi connectivity index (χ4n) is 1.45. The van der Waals surface area contributed by atoms with Crippen LogP contribution < -0.4 is 0 Å². The smallest absolute Gasteiger partial charge is 0.239 e. The SMILES string of the molecule is Cc1cc(SC(C)c2nc(C)no2)nc(C)n1. The largest absolute Gasteiger partial charge is 0.338 e. The fourth-order valence-corrected chi connectivity index (χ4v) is 2.44. The van der Waals surface area contributed by atoms with Gasteiger partial charge in [-0.15, -0.1) is 0 Å². The molecule has 0 saturated heterocycles. The maximum Gasteiger partial charge on any atom is 0.239 e. The van der Waals surface area contributed by atoms with Crippen LogP contribution in [0.25, 0.3) is 0 Å². The van der Waals surface area contributed by atoms with Gasteiger partial charge in [0.25, 0.3) is 0 Å². The van der Waals surface area contributed by atoms with Gasteiger partial charge in [-0.25, -0.2) is 9.97 Å². The van der Waals surface area contributed by atoms with Gasteiger partial charge in [0.1, 0.15) is 10.9 Å². The summed E-state index contributed by atoms with van der Waals surface area (Å²) in [6.45, 7) is 7.67. The van der Waals surface area contributed by atoms with E-state index in [2.05, 4.69) is 20.1 Å². The molecule has 1 atom stereocenters. The standard InChI is InChI=1S/C11H14N4OS/c1-6-5-10(13-8(3)12-6)17-7(2)11-14-9(4)15-16-11/h5,7H,1-4H3. The number of aryl methyl sites for hydroxylation is 3. The van der Waals surface area contributed by atoms with Crippen LogP contribution in [0.2, 0.25) is 0 Å². The van der Waals surface area contributed by atoms with Gasteiger partial charge < -0.3 is 4.52 Å². The molecule has 17 heavy (non-hydrogen) atoms.